The van der Waals surface area contributed by atoms with E-state index in [0.717, 1.165) is 97.2 Å². The lowest BCUT2D eigenvalue weighted by Crippen LogP contribution is -2.48. The first-order valence-electron chi connectivity index (χ1n) is 42.9. The Bertz CT molecular complexity index is 5150. The van der Waals surface area contributed by atoms with Crippen LogP contribution in [-0.4, -0.2) is 102 Å². The van der Waals surface area contributed by atoms with Crippen LogP contribution in [0.5, 0.6) is 0 Å². The number of fused-ring (bicyclic) bond motifs is 6. The van der Waals surface area contributed by atoms with Crippen LogP contribution in [0.4, 0.5) is 19.2 Å². The maximum absolute atomic E-state index is 14.4. The molecule has 0 unspecified atom stereocenters. The molecule has 13 rings (SSSR count). The zero-order valence-corrected chi connectivity index (χ0v) is 72.1. The van der Waals surface area contributed by atoms with Gasteiger partial charge in [-0.1, -0.05) is 316 Å². The molecule has 0 spiro atoms. The first-order valence-corrected chi connectivity index (χ1v) is 42.9. The summed E-state index contributed by atoms with van der Waals surface area (Å²) in [6.45, 7) is 15.8. The second-order valence-electron chi connectivity index (χ2n) is 33.5. The lowest BCUT2D eigenvalue weighted by atomic mass is 9.77. The maximum Gasteiger partial charge on any atom is 0.407 e. The predicted molar refractivity (Wildman–Crippen MR) is 482 cm³/mol. The van der Waals surface area contributed by atoms with Crippen LogP contribution in [0, 0.1) is 5.92 Å². The molecular weight excluding hydrogens is 1570 g/mol. The molecule has 23 nitrogen and oxygen atoms in total. The van der Waals surface area contributed by atoms with Gasteiger partial charge < -0.3 is 65.9 Å². The topological polar surface area (TPSA) is 315 Å². The first kappa shape index (κ1) is 90.5. The van der Waals surface area contributed by atoms with Gasteiger partial charge in [0.25, 0.3) is 0 Å². The highest BCUT2D eigenvalue weighted by molar-refractivity contribution is 5.87. The van der Waals surface area contributed by atoms with E-state index < -0.39 is 64.7 Å². The summed E-state index contributed by atoms with van der Waals surface area (Å²) >= 11 is 0. The van der Waals surface area contributed by atoms with Crippen molar-refractivity contribution >= 4 is 48.0 Å². The van der Waals surface area contributed by atoms with E-state index in [-0.39, 0.29) is 86.1 Å². The molecule has 23 heteroatoms. The van der Waals surface area contributed by atoms with Crippen molar-refractivity contribution in [3.05, 3.63) is 346 Å². The van der Waals surface area contributed by atoms with E-state index in [4.69, 9.17) is 39.0 Å². The van der Waals surface area contributed by atoms with E-state index in [1.165, 1.54) is 0 Å². The van der Waals surface area contributed by atoms with Crippen LogP contribution in [0.25, 0.3) is 22.3 Å². The lowest BCUT2D eigenvalue weighted by molar-refractivity contribution is -0.146. The van der Waals surface area contributed by atoms with Crippen molar-refractivity contribution in [1.29, 1.82) is 0 Å². The zero-order chi connectivity index (χ0) is 88.4. The Kier molecular flexibility index (Phi) is 31.1. The number of amidine groups is 1. The van der Waals surface area contributed by atoms with E-state index in [2.05, 4.69) is 66.5 Å². The lowest BCUT2D eigenvalue weighted by Gasteiger charge is -2.37. The molecule has 0 saturated carbocycles. The fourth-order valence-corrected chi connectivity index (χ4v) is 16.0. The Labute approximate surface area is 731 Å². The summed E-state index contributed by atoms with van der Waals surface area (Å²) in [6, 6.07) is 88.9. The average Bonchev–Trinajstić information content (AvgIpc) is 0.912. The summed E-state index contributed by atoms with van der Waals surface area (Å²) in [5, 5.41) is 26.1. The van der Waals surface area contributed by atoms with Gasteiger partial charge in [0.15, 0.2) is 5.82 Å². The van der Waals surface area contributed by atoms with Gasteiger partial charge in [0, 0.05) is 49.6 Å². The standard InChI is InChI=1S/C51H57N5O7.C51H55N5O6/c1-35(20-18-19-33-53-48(59)62-50(2,3)4)46(52)56-63-47(58)44(54-49(60)61-34-43-41-29-16-14-27-39(41)40-28-15-17-30-42(40)43)31-32-45(57)55-51(36-21-8-5-9-22-36,37-23-10-6-11-24-37)38-25-12-7-13-26-38;1-35(20-18-19-33-52-48(58)61-50(2,3)4)46-54-47(62-56-46)44(53-49(59)60-34-43-41-29-16-14-27-39(41)40-28-15-17-30-42(40)43)31-32-45(57)55-51(36-21-8-5-9-22-36,37-23-10-6-11-24-37)38-25-12-7-13-26-38/h5-17,21-30,35,43-44H,18-20,31-34H2,1-4H3,(H2,52,56)(H,53,59)(H,54,60)(H,55,57);5-17,21-30,35,43-44H,18-20,31-34H2,1-4H3,(H,52,58)(H,53,59)(H,55,57)/t2*35-,44-/m00/s1. The number of benzene rings is 10. The Morgan fingerprint density at radius 2 is 0.752 bits per heavy atom. The van der Waals surface area contributed by atoms with Gasteiger partial charge in [-0.25, -0.2) is 24.0 Å². The highest BCUT2D eigenvalue weighted by Crippen LogP contribution is 2.47. The summed E-state index contributed by atoms with van der Waals surface area (Å²) in [7, 11) is 0. The number of aromatic nitrogens is 2. The Hall–Kier alpha value is -13.7. The van der Waals surface area contributed by atoms with Gasteiger partial charge in [-0.3, -0.25) is 9.59 Å². The fourth-order valence-electron chi connectivity index (χ4n) is 16.0. The molecule has 0 bridgehead atoms. The second-order valence-corrected chi connectivity index (χ2v) is 33.5. The third-order valence-electron chi connectivity index (χ3n) is 22.2. The number of hydrogen-bond donors (Lipinski definition) is 7. The fraction of sp³-hybridized carbons (Fsp3) is 0.314. The largest absolute Gasteiger partial charge is 0.449 e. The number of nitrogens with zero attached hydrogens (tertiary/aromatic N) is 3. The van der Waals surface area contributed by atoms with Gasteiger partial charge in [-0.15, -0.1) is 0 Å². The number of nitrogens with one attached hydrogen (secondary N) is 6. The number of alkyl carbamates (subject to hydrolysis) is 4. The summed E-state index contributed by atoms with van der Waals surface area (Å²) in [5.74, 6) is -1.45. The van der Waals surface area contributed by atoms with E-state index in [1.807, 2.05) is 289 Å². The number of amides is 6. The van der Waals surface area contributed by atoms with Crippen molar-refractivity contribution in [3.63, 3.8) is 0 Å². The van der Waals surface area contributed by atoms with E-state index in [9.17, 15) is 33.6 Å². The van der Waals surface area contributed by atoms with Crippen molar-refractivity contribution in [2.75, 3.05) is 26.3 Å². The highest BCUT2D eigenvalue weighted by atomic mass is 16.7. The minimum Gasteiger partial charge on any atom is -0.449 e. The number of ether oxygens (including phenoxy) is 4. The smallest absolute Gasteiger partial charge is 0.407 e. The van der Waals surface area contributed by atoms with Gasteiger partial charge in [-0.05, 0) is 158 Å². The molecule has 0 aliphatic heterocycles. The third-order valence-corrected chi connectivity index (χ3v) is 22.2. The Morgan fingerprint density at radius 3 is 1.12 bits per heavy atom. The zero-order valence-electron chi connectivity index (χ0n) is 72.1. The predicted octanol–water partition coefficient (Wildman–Crippen LogP) is 19.3. The minimum atomic E-state index is -1.32. The Morgan fingerprint density at radius 1 is 0.416 bits per heavy atom. The number of unbranched alkanes of at least 4 members (excludes halogenated alkanes) is 2. The first-order chi connectivity index (χ1) is 60.4. The molecule has 8 N–H and O–H groups in total. The van der Waals surface area contributed by atoms with Crippen molar-refractivity contribution in [2.45, 2.75) is 172 Å². The van der Waals surface area contributed by atoms with Crippen LogP contribution in [0.15, 0.2) is 289 Å². The molecule has 0 radical (unpaired) electrons. The average molecular weight is 1690 g/mol. The molecule has 0 saturated heterocycles. The number of nitrogens with two attached hydrogens (primary N) is 1. The molecule has 2 aliphatic rings. The number of rotatable bonds is 35. The van der Waals surface area contributed by atoms with Crippen molar-refractivity contribution in [2.24, 2.45) is 16.8 Å². The SMILES string of the molecule is C[C@@H](CCCCNC(=O)OC(C)(C)C)/C(N)=N/OC(=O)[C@H](CCC(=O)NC(c1ccccc1)(c1ccccc1)c1ccccc1)NC(=O)OCC1c2ccccc2-c2ccccc21.C[C@@H](CCCCNC(=O)OC(C)(C)C)c1noc([C@H](CCC(=O)NC(c2ccccc2)(c2ccccc2)c2ccccc2)NC(=O)OCC2c3ccccc3-c3ccccc32)n1. The van der Waals surface area contributed by atoms with Crippen molar-refractivity contribution in [3.8, 4) is 22.3 Å². The molecule has 6 amide bonds. The normalized spacial score (nSPS) is 13.4. The third kappa shape index (κ3) is 24.0. The van der Waals surface area contributed by atoms with Gasteiger partial charge >= 0.3 is 30.3 Å². The molecule has 4 atom stereocenters. The minimum absolute atomic E-state index is 0.0144. The molecule has 2 aliphatic carbocycles. The van der Waals surface area contributed by atoms with Crippen molar-refractivity contribution < 1.29 is 61.9 Å². The maximum atomic E-state index is 14.4. The van der Waals surface area contributed by atoms with Crippen LogP contribution >= 0.6 is 0 Å². The molecule has 125 heavy (non-hydrogen) atoms. The molecule has 0 fully saturated rings. The molecule has 1 heterocycles. The summed E-state index contributed by atoms with van der Waals surface area (Å²) < 4.78 is 28.2. The van der Waals surface area contributed by atoms with E-state index in [1.54, 1.807) is 20.8 Å². The van der Waals surface area contributed by atoms with Crippen LogP contribution < -0.4 is 37.6 Å². The van der Waals surface area contributed by atoms with Crippen LogP contribution in [0.3, 0.4) is 0 Å². The van der Waals surface area contributed by atoms with Gasteiger partial charge in [0.1, 0.15) is 53.4 Å². The number of carbonyl (C=O) groups excluding carboxylic acids is 7. The van der Waals surface area contributed by atoms with Gasteiger partial charge in [0.2, 0.25) is 17.7 Å². The Balaban J connectivity index is 0.000000228. The molecule has 10 aromatic carbocycles. The van der Waals surface area contributed by atoms with E-state index >= 15 is 0 Å². The molecule has 11 aromatic rings. The monoisotopic (exact) mass is 1680 g/mol. The number of hydrogen-bond acceptors (Lipinski definition) is 16. The van der Waals surface area contributed by atoms with Gasteiger partial charge in [0.05, 0.1) is 0 Å². The summed E-state index contributed by atoms with van der Waals surface area (Å²) in [5.41, 5.74) is 16.9. The van der Waals surface area contributed by atoms with Crippen LogP contribution in [0.2, 0.25) is 0 Å². The summed E-state index contributed by atoms with van der Waals surface area (Å²) in [6.07, 6.45) is 1.68. The van der Waals surface area contributed by atoms with Gasteiger partial charge in [-0.2, -0.15) is 4.98 Å². The van der Waals surface area contributed by atoms with Crippen molar-refractivity contribution in [1.82, 2.24) is 42.0 Å². The molecule has 1 aromatic heterocycles. The quantitative estimate of drug-likeness (QED) is 0.00369. The van der Waals surface area contributed by atoms with Crippen LogP contribution in [-0.2, 0) is 49.2 Å². The molecular formula is C102H112N10O13. The second kappa shape index (κ2) is 42.9. The number of carbonyl (C=O) groups is 7. The van der Waals surface area contributed by atoms with E-state index in [0.29, 0.717) is 38.2 Å². The molecule has 648 valence electrons. The van der Waals surface area contributed by atoms with Crippen LogP contribution in [0.1, 0.15) is 211 Å². The summed E-state index contributed by atoms with van der Waals surface area (Å²) in [4.78, 5) is 104. The number of oxime groups is 1. The highest BCUT2D eigenvalue weighted by Gasteiger charge is 2.41.